The van der Waals surface area contributed by atoms with Gasteiger partial charge in [0.15, 0.2) is 0 Å². The Hall–Kier alpha value is -0.790. The normalized spacial score (nSPS) is 46.0. The molecule has 2 heteroatoms. The van der Waals surface area contributed by atoms with Crippen molar-refractivity contribution in [2.24, 2.45) is 51.2 Å². The summed E-state index contributed by atoms with van der Waals surface area (Å²) in [5.41, 5.74) is 2.90. The van der Waals surface area contributed by atoms with Crippen LogP contribution < -0.4 is 0 Å². The smallest absolute Gasteiger partial charge is 0.302 e. The van der Waals surface area contributed by atoms with Gasteiger partial charge in [0.25, 0.3) is 0 Å². The van der Waals surface area contributed by atoms with E-state index in [0.717, 1.165) is 30.1 Å². The van der Waals surface area contributed by atoms with Gasteiger partial charge in [0.2, 0.25) is 0 Å². The number of hydrogen-bond donors (Lipinski definition) is 0. The van der Waals surface area contributed by atoms with Crippen LogP contribution in [0.1, 0.15) is 127 Å². The molecule has 0 radical (unpaired) electrons. The average Bonchev–Trinajstić information content (AvgIpc) is 3.01. The van der Waals surface area contributed by atoms with Gasteiger partial charge in [0.05, 0.1) is 0 Å². The lowest BCUT2D eigenvalue weighted by Crippen LogP contribution is -2.62. The molecular weight excluding hydrogens is 416 g/mol. The van der Waals surface area contributed by atoms with Gasteiger partial charge in [0, 0.05) is 12.3 Å². The maximum atomic E-state index is 11.8. The SMILES string of the molecule is CC(=O)O[C@H]1CC[C@]2(C)[C@H]3CC[C@@]4(C)[C@H]([C@H](C)CCC=C(C)C)CC[C@]4(C)[C@@H]3CC[C@H]2C1(C)C. The molecule has 0 aromatic carbocycles. The van der Waals surface area contributed by atoms with Crippen LogP contribution in [0.4, 0.5) is 0 Å². The Balaban J connectivity index is 1.56. The molecule has 4 aliphatic carbocycles. The van der Waals surface area contributed by atoms with Crippen LogP contribution in [-0.2, 0) is 9.53 Å². The van der Waals surface area contributed by atoms with E-state index in [9.17, 15) is 4.79 Å². The standard InChI is InChI=1S/C32H54O2/c1-21(2)11-10-12-22(3)24-15-19-32(9)26-13-14-27-29(5,6)28(34-23(4)33)17-18-30(27,7)25(26)16-20-31(24,32)8/h11,22,24-28H,10,12-20H2,1-9H3/t22-,24+,25+,26-,27+,28+,30-,31+,32-/m1/s1. The molecule has 194 valence electrons. The van der Waals surface area contributed by atoms with Gasteiger partial charge in [-0.25, -0.2) is 0 Å². The minimum atomic E-state index is -0.105. The van der Waals surface area contributed by atoms with Crippen LogP contribution in [0.5, 0.6) is 0 Å². The quantitative estimate of drug-likeness (QED) is 0.296. The van der Waals surface area contributed by atoms with Crippen LogP contribution in [-0.4, -0.2) is 12.1 Å². The van der Waals surface area contributed by atoms with Crippen molar-refractivity contribution in [1.29, 1.82) is 0 Å². The minimum Gasteiger partial charge on any atom is -0.462 e. The number of rotatable bonds is 5. The van der Waals surface area contributed by atoms with Crippen LogP contribution >= 0.6 is 0 Å². The van der Waals surface area contributed by atoms with Gasteiger partial charge in [-0.1, -0.05) is 53.2 Å². The van der Waals surface area contributed by atoms with Crippen molar-refractivity contribution >= 4 is 5.97 Å². The fourth-order valence-electron chi connectivity index (χ4n) is 10.7. The zero-order chi connectivity index (χ0) is 25.1. The Kier molecular flexibility index (Phi) is 6.92. The first kappa shape index (κ1) is 26.3. The lowest BCUT2D eigenvalue weighted by atomic mass is 9.38. The number of esters is 1. The fraction of sp³-hybridized carbons (Fsp3) is 0.906. The summed E-state index contributed by atoms with van der Waals surface area (Å²) >= 11 is 0. The molecule has 0 saturated heterocycles. The van der Waals surface area contributed by atoms with E-state index >= 15 is 0 Å². The summed E-state index contributed by atoms with van der Waals surface area (Å²) in [6.45, 7) is 21.5. The van der Waals surface area contributed by atoms with Gasteiger partial charge in [-0.15, -0.1) is 0 Å². The third-order valence-corrected chi connectivity index (χ3v) is 12.6. The maximum absolute atomic E-state index is 11.8. The van der Waals surface area contributed by atoms with Crippen molar-refractivity contribution in [3.63, 3.8) is 0 Å². The third-order valence-electron chi connectivity index (χ3n) is 12.6. The second-order valence-corrected chi connectivity index (χ2v) is 14.7. The second kappa shape index (κ2) is 8.95. The van der Waals surface area contributed by atoms with E-state index in [-0.39, 0.29) is 17.5 Å². The molecule has 0 unspecified atom stereocenters. The summed E-state index contributed by atoms with van der Waals surface area (Å²) in [7, 11) is 0. The second-order valence-electron chi connectivity index (χ2n) is 14.7. The molecule has 0 heterocycles. The van der Waals surface area contributed by atoms with E-state index < -0.39 is 0 Å². The van der Waals surface area contributed by atoms with Gasteiger partial charge in [-0.3, -0.25) is 4.79 Å². The summed E-state index contributed by atoms with van der Waals surface area (Å²) in [4.78, 5) is 11.8. The summed E-state index contributed by atoms with van der Waals surface area (Å²) in [5, 5.41) is 0. The van der Waals surface area contributed by atoms with Crippen molar-refractivity contribution in [2.45, 2.75) is 133 Å². The van der Waals surface area contributed by atoms with E-state index in [1.165, 1.54) is 63.4 Å². The van der Waals surface area contributed by atoms with E-state index in [0.29, 0.717) is 22.2 Å². The fourth-order valence-corrected chi connectivity index (χ4v) is 10.7. The highest BCUT2D eigenvalue weighted by Gasteiger charge is 2.67. The molecule has 0 N–H and O–H groups in total. The topological polar surface area (TPSA) is 26.3 Å². The van der Waals surface area contributed by atoms with Gasteiger partial charge < -0.3 is 4.74 Å². The van der Waals surface area contributed by atoms with Gasteiger partial charge >= 0.3 is 5.97 Å². The molecular formula is C32H54O2. The highest BCUT2D eigenvalue weighted by atomic mass is 16.5. The van der Waals surface area contributed by atoms with Crippen molar-refractivity contribution in [3.8, 4) is 0 Å². The van der Waals surface area contributed by atoms with Crippen LogP contribution in [0.15, 0.2) is 11.6 Å². The molecule has 4 aliphatic rings. The first-order valence-corrected chi connectivity index (χ1v) is 14.6. The highest BCUT2D eigenvalue weighted by Crippen LogP contribution is 2.74. The van der Waals surface area contributed by atoms with E-state index in [1.807, 2.05) is 0 Å². The van der Waals surface area contributed by atoms with Crippen molar-refractivity contribution in [2.75, 3.05) is 0 Å². The van der Waals surface area contributed by atoms with E-state index in [2.05, 4.69) is 61.5 Å². The number of fused-ring (bicyclic) bond motifs is 5. The molecule has 0 aromatic rings. The number of ether oxygens (including phenoxy) is 1. The van der Waals surface area contributed by atoms with Crippen LogP contribution in [0, 0.1) is 51.2 Å². The number of allylic oxidation sites excluding steroid dienone is 2. The van der Waals surface area contributed by atoms with Gasteiger partial charge in [-0.2, -0.15) is 0 Å². The Morgan fingerprint density at radius 2 is 1.56 bits per heavy atom. The Morgan fingerprint density at radius 3 is 2.21 bits per heavy atom. The monoisotopic (exact) mass is 470 g/mol. The van der Waals surface area contributed by atoms with E-state index in [1.54, 1.807) is 6.92 Å². The van der Waals surface area contributed by atoms with Crippen LogP contribution in [0.3, 0.4) is 0 Å². The molecule has 4 saturated carbocycles. The van der Waals surface area contributed by atoms with Crippen molar-refractivity contribution in [3.05, 3.63) is 11.6 Å². The van der Waals surface area contributed by atoms with Crippen molar-refractivity contribution < 1.29 is 9.53 Å². The molecule has 2 nitrogen and oxygen atoms in total. The minimum absolute atomic E-state index is 0.0724. The average molecular weight is 471 g/mol. The summed E-state index contributed by atoms with van der Waals surface area (Å²) < 4.78 is 5.89. The Bertz CT molecular complexity index is 806. The van der Waals surface area contributed by atoms with Gasteiger partial charge in [-0.05, 0) is 124 Å². The summed E-state index contributed by atoms with van der Waals surface area (Å²) in [6, 6.07) is 0. The Labute approximate surface area is 211 Å². The molecule has 0 aromatic heterocycles. The number of carbonyl (C=O) groups is 1. The lowest BCUT2D eigenvalue weighted by molar-refractivity contribution is -0.209. The third kappa shape index (κ3) is 3.92. The number of carbonyl (C=O) groups excluding carboxylic acids is 1. The maximum Gasteiger partial charge on any atom is 0.302 e. The molecule has 0 bridgehead atoms. The zero-order valence-corrected chi connectivity index (χ0v) is 23.9. The van der Waals surface area contributed by atoms with Crippen LogP contribution in [0.25, 0.3) is 0 Å². The molecule has 0 amide bonds. The largest absolute Gasteiger partial charge is 0.462 e. The van der Waals surface area contributed by atoms with E-state index in [4.69, 9.17) is 4.74 Å². The molecule has 9 atom stereocenters. The summed E-state index contributed by atoms with van der Waals surface area (Å²) in [6.07, 6.45) is 15.8. The van der Waals surface area contributed by atoms with Gasteiger partial charge in [0.1, 0.15) is 6.10 Å². The first-order valence-electron chi connectivity index (χ1n) is 14.6. The zero-order valence-electron chi connectivity index (χ0n) is 23.9. The predicted molar refractivity (Wildman–Crippen MR) is 142 cm³/mol. The molecule has 34 heavy (non-hydrogen) atoms. The van der Waals surface area contributed by atoms with Crippen LogP contribution in [0.2, 0.25) is 0 Å². The lowest BCUT2D eigenvalue weighted by Gasteiger charge is -2.67. The number of hydrogen-bond acceptors (Lipinski definition) is 2. The molecule has 4 rings (SSSR count). The molecule has 4 fully saturated rings. The predicted octanol–water partition coefficient (Wildman–Crippen LogP) is 8.99. The molecule has 0 aliphatic heterocycles. The Morgan fingerprint density at radius 1 is 0.882 bits per heavy atom. The molecule has 0 spiro atoms. The van der Waals surface area contributed by atoms with Crippen molar-refractivity contribution in [1.82, 2.24) is 0 Å². The summed E-state index contributed by atoms with van der Waals surface area (Å²) in [5.74, 6) is 3.96. The highest BCUT2D eigenvalue weighted by molar-refractivity contribution is 5.66. The first-order chi connectivity index (χ1) is 15.8.